The lowest BCUT2D eigenvalue weighted by molar-refractivity contribution is -0.142. The van der Waals surface area contributed by atoms with Gasteiger partial charge in [-0.25, -0.2) is 22.9 Å². The number of methoxy groups -OCH3 is 1. The molecule has 3 rings (SSSR count). The Morgan fingerprint density at radius 1 is 1.08 bits per heavy atom. The van der Waals surface area contributed by atoms with Gasteiger partial charge in [-0.2, -0.15) is 0 Å². The van der Waals surface area contributed by atoms with Crippen LogP contribution in [-0.4, -0.2) is 26.5 Å². The number of esters is 1. The summed E-state index contributed by atoms with van der Waals surface area (Å²) >= 11 is 0. The molecule has 6 nitrogen and oxygen atoms in total. The van der Waals surface area contributed by atoms with Crippen LogP contribution in [0.1, 0.15) is 11.1 Å². The standard InChI is InChI=1S/C18H15FN2O4S/c1-25-18(22)13-8-15(11-2-5-14(19)6-3-11)16(9-13)12-4-7-17(21-10-12)26(20,23)24/h2-10,13H,1H3,(H2,20,23,24). The van der Waals surface area contributed by atoms with Crippen molar-refractivity contribution in [3.05, 3.63) is 71.7 Å². The minimum Gasteiger partial charge on any atom is -0.468 e. The number of nitrogens with zero attached hydrogens (tertiary/aromatic N) is 1. The lowest BCUT2D eigenvalue weighted by Gasteiger charge is -2.09. The van der Waals surface area contributed by atoms with Crippen molar-refractivity contribution in [1.29, 1.82) is 0 Å². The summed E-state index contributed by atoms with van der Waals surface area (Å²) < 4.78 is 40.7. The van der Waals surface area contributed by atoms with E-state index >= 15 is 0 Å². The number of carbonyl (C=O) groups is 1. The molecule has 1 aliphatic carbocycles. The summed E-state index contributed by atoms with van der Waals surface area (Å²) in [6, 6.07) is 8.68. The van der Waals surface area contributed by atoms with Crippen molar-refractivity contribution in [2.45, 2.75) is 5.03 Å². The molecule has 134 valence electrons. The molecular weight excluding hydrogens is 359 g/mol. The lowest BCUT2D eigenvalue weighted by Crippen LogP contribution is -2.13. The average Bonchev–Trinajstić information content (AvgIpc) is 3.06. The van der Waals surface area contributed by atoms with Gasteiger partial charge < -0.3 is 4.74 Å². The van der Waals surface area contributed by atoms with Crippen LogP contribution in [0, 0.1) is 11.7 Å². The molecule has 1 aromatic heterocycles. The van der Waals surface area contributed by atoms with Gasteiger partial charge in [-0.1, -0.05) is 24.3 Å². The van der Waals surface area contributed by atoms with Gasteiger partial charge in [0.25, 0.3) is 10.0 Å². The second-order valence-corrected chi connectivity index (χ2v) is 7.15. The van der Waals surface area contributed by atoms with Crippen LogP contribution in [0.25, 0.3) is 11.1 Å². The lowest BCUT2D eigenvalue weighted by atomic mass is 9.96. The molecule has 1 heterocycles. The fourth-order valence-corrected chi connectivity index (χ4v) is 3.16. The van der Waals surface area contributed by atoms with Crippen LogP contribution >= 0.6 is 0 Å². The van der Waals surface area contributed by atoms with E-state index in [0.29, 0.717) is 22.3 Å². The average molecular weight is 374 g/mol. The number of hydrogen-bond donors (Lipinski definition) is 1. The summed E-state index contributed by atoms with van der Waals surface area (Å²) in [7, 11) is -2.61. The number of allylic oxidation sites excluding steroid dienone is 2. The minimum atomic E-state index is -3.90. The van der Waals surface area contributed by atoms with Gasteiger partial charge in [0, 0.05) is 11.8 Å². The molecule has 0 aliphatic heterocycles. The molecule has 1 unspecified atom stereocenters. The number of ether oxygens (including phenoxy) is 1. The predicted molar refractivity (Wildman–Crippen MR) is 93.5 cm³/mol. The molecule has 1 aromatic carbocycles. The third kappa shape index (κ3) is 3.56. The first-order valence-electron chi connectivity index (χ1n) is 7.56. The van der Waals surface area contributed by atoms with Crippen molar-refractivity contribution in [1.82, 2.24) is 4.98 Å². The van der Waals surface area contributed by atoms with Crippen molar-refractivity contribution in [3.8, 4) is 0 Å². The third-order valence-electron chi connectivity index (χ3n) is 3.95. The molecule has 26 heavy (non-hydrogen) atoms. The number of carbonyl (C=O) groups excluding carboxylic acids is 1. The number of benzene rings is 1. The minimum absolute atomic E-state index is 0.253. The van der Waals surface area contributed by atoms with Crippen molar-refractivity contribution in [3.63, 3.8) is 0 Å². The Kier molecular flexibility index (Phi) is 4.71. The predicted octanol–water partition coefficient (Wildman–Crippen LogP) is 2.14. The van der Waals surface area contributed by atoms with Gasteiger partial charge in [0.1, 0.15) is 5.82 Å². The SMILES string of the molecule is COC(=O)C1C=C(c2ccc(F)cc2)C(c2ccc(S(N)(=O)=O)nc2)=C1. The van der Waals surface area contributed by atoms with Crippen LogP contribution in [-0.2, 0) is 19.6 Å². The number of sulfonamides is 1. The molecule has 1 aliphatic rings. The molecule has 0 amide bonds. The van der Waals surface area contributed by atoms with Crippen LogP contribution in [0.2, 0.25) is 0 Å². The first-order chi connectivity index (χ1) is 12.3. The number of rotatable bonds is 4. The van der Waals surface area contributed by atoms with E-state index in [0.717, 1.165) is 0 Å². The molecule has 2 N–H and O–H groups in total. The van der Waals surface area contributed by atoms with E-state index in [2.05, 4.69) is 4.98 Å². The monoisotopic (exact) mass is 374 g/mol. The van der Waals surface area contributed by atoms with Crippen LogP contribution in [0.4, 0.5) is 4.39 Å². The van der Waals surface area contributed by atoms with Gasteiger partial charge in [0.05, 0.1) is 13.0 Å². The van der Waals surface area contributed by atoms with Gasteiger partial charge in [0.2, 0.25) is 0 Å². The highest BCUT2D eigenvalue weighted by atomic mass is 32.2. The van der Waals surface area contributed by atoms with Gasteiger partial charge in [0.15, 0.2) is 5.03 Å². The molecular formula is C18H15FN2O4S. The van der Waals surface area contributed by atoms with E-state index in [1.54, 1.807) is 30.4 Å². The Hall–Kier alpha value is -2.84. The molecule has 1 atom stereocenters. The zero-order valence-corrected chi connectivity index (χ0v) is 14.5. The van der Waals surface area contributed by atoms with Crippen LogP contribution in [0.3, 0.4) is 0 Å². The number of hydrogen-bond acceptors (Lipinski definition) is 5. The van der Waals surface area contributed by atoms with E-state index in [1.807, 2.05) is 0 Å². The number of primary sulfonamides is 1. The maximum atomic E-state index is 13.2. The maximum absolute atomic E-state index is 13.2. The third-order valence-corrected chi connectivity index (χ3v) is 4.77. The molecule has 0 fully saturated rings. The smallest absolute Gasteiger partial charge is 0.316 e. The first-order valence-corrected chi connectivity index (χ1v) is 9.11. The van der Waals surface area contributed by atoms with Gasteiger partial charge >= 0.3 is 5.97 Å². The van der Waals surface area contributed by atoms with Crippen LogP contribution in [0.15, 0.2) is 59.8 Å². The summed E-state index contributed by atoms with van der Waals surface area (Å²) in [6.07, 6.45) is 4.77. The Morgan fingerprint density at radius 3 is 2.15 bits per heavy atom. The maximum Gasteiger partial charge on any atom is 0.316 e. The van der Waals surface area contributed by atoms with Crippen molar-refractivity contribution >= 4 is 27.1 Å². The number of halogens is 1. The highest BCUT2D eigenvalue weighted by molar-refractivity contribution is 7.89. The molecule has 0 saturated carbocycles. The second-order valence-electron chi connectivity index (χ2n) is 5.65. The van der Waals surface area contributed by atoms with E-state index in [4.69, 9.17) is 9.88 Å². The summed E-state index contributed by atoms with van der Waals surface area (Å²) in [5, 5.41) is 4.81. The highest BCUT2D eigenvalue weighted by Crippen LogP contribution is 2.38. The van der Waals surface area contributed by atoms with Crippen LogP contribution in [0.5, 0.6) is 0 Å². The molecule has 0 radical (unpaired) electrons. The Labute approximate surface area is 149 Å². The van der Waals surface area contributed by atoms with E-state index in [9.17, 15) is 17.6 Å². The normalized spacial score (nSPS) is 16.8. The highest BCUT2D eigenvalue weighted by Gasteiger charge is 2.26. The molecule has 0 saturated heterocycles. The van der Waals surface area contributed by atoms with E-state index < -0.39 is 21.9 Å². The number of aromatic nitrogens is 1. The summed E-state index contributed by atoms with van der Waals surface area (Å²) in [4.78, 5) is 15.8. The van der Waals surface area contributed by atoms with E-state index in [-0.39, 0.29) is 10.8 Å². The van der Waals surface area contributed by atoms with Gasteiger partial charge in [-0.15, -0.1) is 0 Å². The largest absolute Gasteiger partial charge is 0.468 e. The molecule has 0 bridgehead atoms. The first kappa shape index (κ1) is 18.0. The zero-order chi connectivity index (χ0) is 18.9. The number of pyridine rings is 1. The Morgan fingerprint density at radius 2 is 1.65 bits per heavy atom. The Balaban J connectivity index is 2.05. The summed E-state index contributed by atoms with van der Waals surface area (Å²) in [5.74, 6) is -1.41. The second kappa shape index (κ2) is 6.81. The zero-order valence-electron chi connectivity index (χ0n) is 13.7. The summed E-state index contributed by atoms with van der Waals surface area (Å²) in [6.45, 7) is 0. The topological polar surface area (TPSA) is 99.4 Å². The van der Waals surface area contributed by atoms with E-state index in [1.165, 1.54) is 31.5 Å². The van der Waals surface area contributed by atoms with Crippen molar-refractivity contribution in [2.24, 2.45) is 11.1 Å². The molecule has 0 spiro atoms. The summed E-state index contributed by atoms with van der Waals surface area (Å²) in [5.41, 5.74) is 2.67. The molecule has 2 aromatic rings. The number of nitrogens with two attached hydrogens (primary N) is 1. The van der Waals surface area contributed by atoms with Crippen molar-refractivity contribution in [2.75, 3.05) is 7.11 Å². The fourth-order valence-electron chi connectivity index (χ4n) is 2.70. The van der Waals surface area contributed by atoms with Gasteiger partial charge in [-0.05, 0) is 41.0 Å². The fraction of sp³-hybridized carbons (Fsp3) is 0.111. The van der Waals surface area contributed by atoms with Gasteiger partial charge in [-0.3, -0.25) is 4.79 Å². The quantitative estimate of drug-likeness (QED) is 0.827. The molecule has 8 heteroatoms. The van der Waals surface area contributed by atoms with Crippen molar-refractivity contribution < 1.29 is 22.3 Å². The Bertz CT molecular complexity index is 1010. The van der Waals surface area contributed by atoms with Crippen LogP contribution < -0.4 is 5.14 Å².